The van der Waals surface area contributed by atoms with Gasteiger partial charge in [-0.3, -0.25) is 0 Å². The van der Waals surface area contributed by atoms with E-state index in [1.165, 1.54) is 0 Å². The van der Waals surface area contributed by atoms with E-state index in [2.05, 4.69) is 36.6 Å². The molecule has 2 rings (SSSR count). The van der Waals surface area contributed by atoms with Crippen LogP contribution in [-0.2, 0) is 14.8 Å². The third-order valence-electron chi connectivity index (χ3n) is 2.85. The first kappa shape index (κ1) is 15.2. The topological polar surface area (TPSA) is 81.4 Å². The summed E-state index contributed by atoms with van der Waals surface area (Å²) in [6, 6.07) is 3.13. The molecule has 1 aromatic carbocycles. The molecule has 0 aromatic heterocycles. The minimum atomic E-state index is -3.64. The summed E-state index contributed by atoms with van der Waals surface area (Å²) in [5.74, 6) is 0. The number of hydrogen-bond acceptors (Lipinski definition) is 4. The van der Waals surface area contributed by atoms with Gasteiger partial charge in [0.1, 0.15) is 4.90 Å². The summed E-state index contributed by atoms with van der Waals surface area (Å²) < 4.78 is 33.8. The molecular formula is C11H14Br2N2O3S. The number of rotatable bonds is 3. The normalized spacial score (nSPS) is 17.6. The van der Waals surface area contributed by atoms with E-state index in [1.807, 2.05) is 0 Å². The molecular weight excluding hydrogens is 400 g/mol. The first-order valence-electron chi connectivity index (χ1n) is 5.75. The number of nitrogens with two attached hydrogens (primary N) is 1. The van der Waals surface area contributed by atoms with Crippen LogP contribution in [0.4, 0.5) is 5.69 Å². The zero-order valence-electron chi connectivity index (χ0n) is 10.0. The van der Waals surface area contributed by atoms with Crippen LogP contribution in [0.25, 0.3) is 0 Å². The number of halogens is 2. The fraction of sp³-hybridized carbons (Fsp3) is 0.455. The van der Waals surface area contributed by atoms with E-state index < -0.39 is 10.0 Å². The summed E-state index contributed by atoms with van der Waals surface area (Å²) in [5, 5.41) is 0. The Balaban J connectivity index is 2.29. The maximum absolute atomic E-state index is 12.4. The van der Waals surface area contributed by atoms with Crippen molar-refractivity contribution in [3.63, 3.8) is 0 Å². The van der Waals surface area contributed by atoms with Gasteiger partial charge in [-0.15, -0.1) is 0 Å². The molecule has 106 valence electrons. The van der Waals surface area contributed by atoms with Crippen molar-refractivity contribution in [2.45, 2.75) is 23.8 Å². The second-order valence-electron chi connectivity index (χ2n) is 4.31. The molecule has 0 unspecified atom stereocenters. The smallest absolute Gasteiger partial charge is 0.243 e. The van der Waals surface area contributed by atoms with Crippen LogP contribution in [0.5, 0.6) is 0 Å². The van der Waals surface area contributed by atoms with Crippen molar-refractivity contribution in [3.8, 4) is 0 Å². The summed E-state index contributed by atoms with van der Waals surface area (Å²) in [5.41, 5.74) is 6.02. The lowest BCUT2D eigenvalue weighted by molar-refractivity contribution is 0.0832. The van der Waals surface area contributed by atoms with Crippen LogP contribution in [0.15, 0.2) is 26.0 Å². The minimum absolute atomic E-state index is 0.0854. The highest BCUT2D eigenvalue weighted by Gasteiger charge is 2.26. The van der Waals surface area contributed by atoms with E-state index in [0.29, 0.717) is 30.5 Å². The number of anilines is 1. The number of sulfonamides is 1. The lowest BCUT2D eigenvalue weighted by atomic mass is 10.1. The third kappa shape index (κ3) is 3.69. The van der Waals surface area contributed by atoms with Crippen molar-refractivity contribution < 1.29 is 13.2 Å². The van der Waals surface area contributed by atoms with E-state index >= 15 is 0 Å². The summed E-state index contributed by atoms with van der Waals surface area (Å²) in [6.07, 6.45) is 1.35. The molecule has 1 heterocycles. The van der Waals surface area contributed by atoms with Crippen LogP contribution >= 0.6 is 31.9 Å². The van der Waals surface area contributed by atoms with Crippen molar-refractivity contribution in [1.82, 2.24) is 4.72 Å². The monoisotopic (exact) mass is 412 g/mol. The van der Waals surface area contributed by atoms with E-state index in [-0.39, 0.29) is 16.6 Å². The van der Waals surface area contributed by atoms with Crippen molar-refractivity contribution in [2.75, 3.05) is 18.9 Å². The predicted octanol–water partition coefficient (Wildman–Crippen LogP) is 2.25. The average molecular weight is 414 g/mol. The highest BCUT2D eigenvalue weighted by molar-refractivity contribution is 9.11. The zero-order chi connectivity index (χ0) is 14.0. The van der Waals surface area contributed by atoms with Crippen LogP contribution < -0.4 is 10.5 Å². The quantitative estimate of drug-likeness (QED) is 0.744. The van der Waals surface area contributed by atoms with E-state index in [4.69, 9.17) is 10.5 Å². The number of ether oxygens (including phenoxy) is 1. The highest BCUT2D eigenvalue weighted by atomic mass is 79.9. The fourth-order valence-corrected chi connectivity index (χ4v) is 5.33. The first-order valence-corrected chi connectivity index (χ1v) is 8.81. The van der Waals surface area contributed by atoms with Crippen molar-refractivity contribution in [2.24, 2.45) is 0 Å². The average Bonchev–Trinajstić information content (AvgIpc) is 2.27. The number of nitrogen functional groups attached to an aromatic ring is 1. The third-order valence-corrected chi connectivity index (χ3v) is 5.83. The molecule has 1 aliphatic heterocycles. The number of nitrogens with one attached hydrogen (secondary N) is 1. The van der Waals surface area contributed by atoms with Gasteiger partial charge in [0.05, 0.1) is 5.69 Å². The molecule has 19 heavy (non-hydrogen) atoms. The molecule has 0 atom stereocenters. The molecule has 0 bridgehead atoms. The molecule has 0 amide bonds. The second kappa shape index (κ2) is 6.09. The second-order valence-corrected chi connectivity index (χ2v) is 7.73. The Morgan fingerprint density at radius 3 is 2.47 bits per heavy atom. The predicted molar refractivity (Wildman–Crippen MR) is 80.4 cm³/mol. The molecule has 1 fully saturated rings. The van der Waals surface area contributed by atoms with Gasteiger partial charge >= 0.3 is 0 Å². The fourth-order valence-electron chi connectivity index (χ4n) is 1.96. The van der Waals surface area contributed by atoms with Gasteiger partial charge in [0.15, 0.2) is 0 Å². The summed E-state index contributed by atoms with van der Waals surface area (Å²) in [4.78, 5) is 0.0854. The molecule has 5 nitrogen and oxygen atoms in total. The number of hydrogen-bond donors (Lipinski definition) is 2. The van der Waals surface area contributed by atoms with E-state index in [9.17, 15) is 8.42 Å². The maximum Gasteiger partial charge on any atom is 0.243 e. The van der Waals surface area contributed by atoms with Gasteiger partial charge < -0.3 is 10.5 Å². The van der Waals surface area contributed by atoms with E-state index in [0.717, 1.165) is 4.47 Å². The largest absolute Gasteiger partial charge is 0.398 e. The molecule has 1 aromatic rings. The van der Waals surface area contributed by atoms with Crippen LogP contribution in [0.1, 0.15) is 12.8 Å². The molecule has 0 saturated carbocycles. The molecule has 0 spiro atoms. The Morgan fingerprint density at radius 1 is 1.26 bits per heavy atom. The van der Waals surface area contributed by atoms with Crippen LogP contribution in [0.3, 0.4) is 0 Å². The van der Waals surface area contributed by atoms with Crippen LogP contribution in [0, 0.1) is 0 Å². The zero-order valence-corrected chi connectivity index (χ0v) is 14.0. The molecule has 3 N–H and O–H groups in total. The van der Waals surface area contributed by atoms with E-state index in [1.54, 1.807) is 12.1 Å². The standard InChI is InChI=1S/C11H14Br2N2O3S/c12-7-5-9(13)11(10(14)6-7)19(16,17)15-8-1-3-18-4-2-8/h5-6,8,15H,1-4,14H2. The van der Waals surface area contributed by atoms with Crippen molar-refractivity contribution >= 4 is 47.6 Å². The summed E-state index contributed by atoms with van der Waals surface area (Å²) in [6.45, 7) is 1.15. The molecule has 8 heteroatoms. The molecule has 0 aliphatic carbocycles. The van der Waals surface area contributed by atoms with Gasteiger partial charge in [-0.25, -0.2) is 13.1 Å². The Morgan fingerprint density at radius 2 is 1.89 bits per heavy atom. The number of benzene rings is 1. The van der Waals surface area contributed by atoms with Gasteiger partial charge in [0, 0.05) is 28.2 Å². The first-order chi connectivity index (χ1) is 8.90. The van der Waals surface area contributed by atoms with Crippen LogP contribution in [0.2, 0.25) is 0 Å². The lowest BCUT2D eigenvalue weighted by Crippen LogP contribution is -2.39. The molecule has 1 aliphatic rings. The molecule has 1 saturated heterocycles. The minimum Gasteiger partial charge on any atom is -0.398 e. The van der Waals surface area contributed by atoms with Gasteiger partial charge in [-0.1, -0.05) is 15.9 Å². The van der Waals surface area contributed by atoms with Gasteiger partial charge in [-0.2, -0.15) is 0 Å². The Labute approximate surface area is 129 Å². The van der Waals surface area contributed by atoms with Crippen molar-refractivity contribution in [1.29, 1.82) is 0 Å². The van der Waals surface area contributed by atoms with Crippen molar-refractivity contribution in [3.05, 3.63) is 21.1 Å². The molecule has 0 radical (unpaired) electrons. The van der Waals surface area contributed by atoms with Crippen LogP contribution in [-0.4, -0.2) is 27.7 Å². The van der Waals surface area contributed by atoms with Gasteiger partial charge in [-0.05, 0) is 40.9 Å². The summed E-state index contributed by atoms with van der Waals surface area (Å²) >= 11 is 6.52. The maximum atomic E-state index is 12.4. The Bertz CT molecular complexity index is 548. The highest BCUT2D eigenvalue weighted by Crippen LogP contribution is 2.31. The Kier molecular flexibility index (Phi) is 4.88. The SMILES string of the molecule is Nc1cc(Br)cc(Br)c1S(=O)(=O)NC1CCOCC1. The summed E-state index contributed by atoms with van der Waals surface area (Å²) in [7, 11) is -3.64. The van der Waals surface area contributed by atoms with Gasteiger partial charge in [0.2, 0.25) is 10.0 Å². The Hall–Kier alpha value is -0.150. The van der Waals surface area contributed by atoms with Gasteiger partial charge in [0.25, 0.3) is 0 Å². The lowest BCUT2D eigenvalue weighted by Gasteiger charge is -2.23.